The maximum Gasteiger partial charge on any atom is 0.249 e. The average Bonchev–Trinajstić information content (AvgIpc) is 2.93. The van der Waals surface area contributed by atoms with Gasteiger partial charge in [0.05, 0.1) is 16.1 Å². The average molecular weight is 403 g/mol. The number of halogens is 3. The molecule has 0 fully saturated rings. The summed E-state index contributed by atoms with van der Waals surface area (Å²) < 4.78 is 2.01. The van der Waals surface area contributed by atoms with Crippen LogP contribution in [-0.2, 0) is 6.54 Å². The van der Waals surface area contributed by atoms with Crippen LogP contribution in [0, 0.1) is 6.07 Å². The molecule has 4 aromatic rings. The number of nitrogens with two attached hydrogens (primary N) is 1. The summed E-state index contributed by atoms with van der Waals surface area (Å²) in [6.45, 7) is 0.444. The monoisotopic (exact) mass is 401 g/mol. The minimum atomic E-state index is -0.496. The number of nitrogens with zero attached hydrogens (tertiary/aromatic N) is 1. The molecule has 1 radical (unpaired) electrons. The Kier molecular flexibility index (Phi) is 4.31. The van der Waals surface area contributed by atoms with E-state index in [1.165, 1.54) is 0 Å². The van der Waals surface area contributed by atoms with E-state index in [1.54, 1.807) is 36.4 Å². The topological polar surface area (TPSA) is 48.0 Å². The van der Waals surface area contributed by atoms with E-state index in [9.17, 15) is 4.79 Å². The Balaban J connectivity index is 2.09. The van der Waals surface area contributed by atoms with E-state index >= 15 is 0 Å². The Morgan fingerprint density at radius 1 is 1.08 bits per heavy atom. The molecule has 0 saturated heterocycles. The molecule has 0 spiro atoms. The van der Waals surface area contributed by atoms with Gasteiger partial charge < -0.3 is 10.3 Å². The van der Waals surface area contributed by atoms with Crippen molar-refractivity contribution in [3.63, 3.8) is 0 Å². The van der Waals surface area contributed by atoms with Crippen molar-refractivity contribution in [2.75, 3.05) is 0 Å². The Morgan fingerprint density at radius 3 is 2.65 bits per heavy atom. The summed E-state index contributed by atoms with van der Waals surface area (Å²) >= 11 is 19.0. The first-order valence-electron chi connectivity index (χ1n) is 7.82. The highest BCUT2D eigenvalue weighted by Crippen LogP contribution is 2.36. The number of primary amides is 1. The van der Waals surface area contributed by atoms with Crippen molar-refractivity contribution in [3.8, 4) is 0 Å². The lowest BCUT2D eigenvalue weighted by molar-refractivity contribution is 0.100. The van der Waals surface area contributed by atoms with E-state index in [-0.39, 0.29) is 0 Å². The minimum Gasteiger partial charge on any atom is -0.366 e. The lowest BCUT2D eigenvalue weighted by Crippen LogP contribution is -2.11. The van der Waals surface area contributed by atoms with Crippen LogP contribution in [0.25, 0.3) is 21.8 Å². The van der Waals surface area contributed by atoms with Crippen LogP contribution in [0.5, 0.6) is 0 Å². The zero-order valence-corrected chi connectivity index (χ0v) is 15.7. The summed E-state index contributed by atoms with van der Waals surface area (Å²) in [4.78, 5) is 11.9. The molecule has 0 bridgehead atoms. The summed E-state index contributed by atoms with van der Waals surface area (Å²) in [5.74, 6) is -0.496. The molecule has 0 aliphatic heterocycles. The molecule has 6 heteroatoms. The number of carbonyl (C=O) groups is 1. The van der Waals surface area contributed by atoms with E-state index in [0.717, 1.165) is 27.4 Å². The summed E-state index contributed by atoms with van der Waals surface area (Å²) in [7, 11) is 0. The fourth-order valence-electron chi connectivity index (χ4n) is 3.27. The van der Waals surface area contributed by atoms with Gasteiger partial charge in [0, 0.05) is 32.9 Å². The van der Waals surface area contributed by atoms with Crippen LogP contribution in [-0.4, -0.2) is 10.5 Å². The minimum absolute atomic E-state index is 0.432. The number of amides is 1. The number of carbonyl (C=O) groups excluding carboxylic acids is 1. The number of benzene rings is 3. The molecule has 1 aromatic heterocycles. The molecule has 1 amide bonds. The van der Waals surface area contributed by atoms with Crippen molar-refractivity contribution in [1.29, 1.82) is 0 Å². The molecule has 2 N–H and O–H groups in total. The Labute approximate surface area is 164 Å². The number of hydrogen-bond acceptors (Lipinski definition) is 1. The predicted molar refractivity (Wildman–Crippen MR) is 107 cm³/mol. The summed E-state index contributed by atoms with van der Waals surface area (Å²) in [6, 6.07) is 17.4. The third-order valence-electron chi connectivity index (χ3n) is 4.38. The van der Waals surface area contributed by atoms with E-state index < -0.39 is 5.91 Å². The third kappa shape index (κ3) is 2.73. The van der Waals surface area contributed by atoms with Gasteiger partial charge in [-0.25, -0.2) is 0 Å². The van der Waals surface area contributed by atoms with E-state index in [1.807, 2.05) is 16.7 Å². The van der Waals surface area contributed by atoms with Crippen molar-refractivity contribution in [2.45, 2.75) is 6.54 Å². The number of hydrogen-bond donors (Lipinski definition) is 1. The smallest absolute Gasteiger partial charge is 0.249 e. The van der Waals surface area contributed by atoms with Crippen molar-refractivity contribution in [1.82, 2.24) is 4.57 Å². The molecule has 4 rings (SSSR count). The quantitative estimate of drug-likeness (QED) is 0.469. The van der Waals surface area contributed by atoms with Gasteiger partial charge >= 0.3 is 0 Å². The molecule has 0 saturated carbocycles. The van der Waals surface area contributed by atoms with E-state index in [0.29, 0.717) is 27.2 Å². The van der Waals surface area contributed by atoms with Gasteiger partial charge in [0.1, 0.15) is 0 Å². The van der Waals surface area contributed by atoms with Gasteiger partial charge in [-0.15, -0.1) is 0 Å². The Morgan fingerprint density at radius 2 is 1.88 bits per heavy atom. The second-order valence-corrected chi connectivity index (χ2v) is 7.19. The van der Waals surface area contributed by atoms with Gasteiger partial charge in [-0.3, -0.25) is 4.79 Å². The summed E-state index contributed by atoms with van der Waals surface area (Å²) in [5.41, 5.74) is 8.47. The largest absolute Gasteiger partial charge is 0.366 e. The number of rotatable bonds is 3. The molecule has 3 nitrogen and oxygen atoms in total. The second-order valence-electron chi connectivity index (χ2n) is 5.94. The molecule has 0 unspecified atom stereocenters. The molecule has 1 heterocycles. The summed E-state index contributed by atoms with van der Waals surface area (Å²) in [5, 5.41) is 3.24. The van der Waals surface area contributed by atoms with Crippen molar-refractivity contribution in [2.24, 2.45) is 5.73 Å². The van der Waals surface area contributed by atoms with Crippen LogP contribution in [0.3, 0.4) is 0 Å². The van der Waals surface area contributed by atoms with Gasteiger partial charge in [-0.05, 0) is 48.0 Å². The maximum atomic E-state index is 11.9. The maximum absolute atomic E-state index is 11.9. The first kappa shape index (κ1) is 17.2. The molecule has 0 atom stereocenters. The Hall–Kier alpha value is -2.20. The van der Waals surface area contributed by atoms with Crippen LogP contribution >= 0.6 is 34.8 Å². The molecule has 0 aliphatic carbocycles. The molecular formula is C20H12Cl3N2O. The van der Waals surface area contributed by atoms with Gasteiger partial charge in [0.15, 0.2) is 0 Å². The van der Waals surface area contributed by atoms with Crippen LogP contribution in [0.1, 0.15) is 15.9 Å². The van der Waals surface area contributed by atoms with Crippen LogP contribution in [0.15, 0.2) is 48.5 Å². The highest BCUT2D eigenvalue weighted by molar-refractivity contribution is 6.37. The van der Waals surface area contributed by atoms with Gasteiger partial charge in [-0.2, -0.15) is 0 Å². The van der Waals surface area contributed by atoms with Gasteiger partial charge in [0.2, 0.25) is 5.91 Å². The van der Waals surface area contributed by atoms with Crippen LogP contribution in [0.2, 0.25) is 15.1 Å². The second kappa shape index (κ2) is 6.51. The van der Waals surface area contributed by atoms with Gasteiger partial charge in [-0.1, -0.05) is 46.9 Å². The lowest BCUT2D eigenvalue weighted by Gasteiger charge is -2.11. The predicted octanol–water partition coefficient (Wildman–Crippen LogP) is 5.70. The first-order chi connectivity index (χ1) is 12.5. The van der Waals surface area contributed by atoms with E-state index in [4.69, 9.17) is 40.5 Å². The molecular weight excluding hydrogens is 391 g/mol. The number of fused-ring (bicyclic) bond motifs is 3. The molecule has 0 aliphatic rings. The Bertz CT molecular complexity index is 1180. The molecule has 26 heavy (non-hydrogen) atoms. The van der Waals surface area contributed by atoms with Crippen molar-refractivity contribution < 1.29 is 4.79 Å². The fourth-order valence-corrected chi connectivity index (χ4v) is 3.90. The first-order valence-corrected chi connectivity index (χ1v) is 8.95. The highest BCUT2D eigenvalue weighted by Gasteiger charge is 2.19. The normalized spacial score (nSPS) is 11.3. The van der Waals surface area contributed by atoms with Crippen LogP contribution in [0.4, 0.5) is 0 Å². The zero-order valence-electron chi connectivity index (χ0n) is 13.4. The fraction of sp³-hybridized carbons (Fsp3) is 0.0500. The standard InChI is InChI=1S/C20H12Cl3N2O/c21-12-7-8-15(22)11(9-12)10-25-17-6-2-4-14(20(24)26)18(17)13-3-1-5-16(23)19(13)25/h1-2,4-9H,10H2,(H2,24,26). The SMILES string of the molecule is NC(=O)c1cccc2c1c1[c]ccc(Cl)c1n2Cc1cc(Cl)ccc1Cl. The third-order valence-corrected chi connectivity index (χ3v) is 5.28. The summed E-state index contributed by atoms with van der Waals surface area (Å²) in [6.07, 6.45) is 0. The van der Waals surface area contributed by atoms with Gasteiger partial charge in [0.25, 0.3) is 0 Å². The lowest BCUT2D eigenvalue weighted by atomic mass is 10.1. The van der Waals surface area contributed by atoms with Crippen molar-refractivity contribution >= 4 is 62.5 Å². The molecule has 129 valence electrons. The number of aromatic nitrogens is 1. The highest BCUT2D eigenvalue weighted by atomic mass is 35.5. The zero-order chi connectivity index (χ0) is 18.4. The van der Waals surface area contributed by atoms with E-state index in [2.05, 4.69) is 6.07 Å². The molecule has 3 aromatic carbocycles. The van der Waals surface area contributed by atoms with Crippen LogP contribution < -0.4 is 5.73 Å². The van der Waals surface area contributed by atoms with Crippen molar-refractivity contribution in [3.05, 3.63) is 80.8 Å².